The maximum atomic E-state index is 9.66. The molecule has 2 aromatic heterocycles. The van der Waals surface area contributed by atoms with Gasteiger partial charge in [-0.3, -0.25) is 4.98 Å². The molecule has 0 amide bonds. The molecule has 5 nitrogen and oxygen atoms in total. The van der Waals surface area contributed by atoms with Gasteiger partial charge in [0.1, 0.15) is 5.75 Å². The smallest absolute Gasteiger partial charge is 0.170 e. The van der Waals surface area contributed by atoms with Crippen LogP contribution in [0.5, 0.6) is 5.75 Å². The fourth-order valence-corrected chi connectivity index (χ4v) is 4.64. The quantitative estimate of drug-likeness (QED) is 0.608. The van der Waals surface area contributed by atoms with E-state index in [1.54, 1.807) is 12.1 Å². The molecule has 29 heavy (non-hydrogen) atoms. The fourth-order valence-electron chi connectivity index (χ4n) is 4.31. The molecule has 0 unspecified atom stereocenters. The van der Waals surface area contributed by atoms with Gasteiger partial charge in [-0.2, -0.15) is 0 Å². The van der Waals surface area contributed by atoms with Crippen molar-refractivity contribution in [3.63, 3.8) is 0 Å². The molecule has 1 aliphatic heterocycles. The van der Waals surface area contributed by atoms with E-state index in [1.807, 2.05) is 30.5 Å². The summed E-state index contributed by atoms with van der Waals surface area (Å²) in [6, 6.07) is 15.7. The number of benzene rings is 1. The van der Waals surface area contributed by atoms with E-state index < -0.39 is 0 Å². The first-order valence-corrected chi connectivity index (χ1v) is 10.4. The number of aromatic nitrogens is 2. The number of aryl methyl sites for hydroxylation is 1. The molecule has 2 atom stereocenters. The molecule has 0 saturated carbocycles. The second-order valence-electron chi connectivity index (χ2n) is 7.50. The molecule has 3 aromatic rings. The number of nitrogens with one attached hydrogen (secondary N) is 1. The molecule has 6 heteroatoms. The van der Waals surface area contributed by atoms with E-state index in [0.29, 0.717) is 0 Å². The van der Waals surface area contributed by atoms with Crippen LogP contribution >= 0.6 is 12.2 Å². The maximum Gasteiger partial charge on any atom is 0.170 e. The van der Waals surface area contributed by atoms with E-state index in [2.05, 4.69) is 52.7 Å². The second-order valence-corrected chi connectivity index (χ2v) is 7.88. The summed E-state index contributed by atoms with van der Waals surface area (Å²) in [4.78, 5) is 6.90. The van der Waals surface area contributed by atoms with Crippen molar-refractivity contribution in [2.75, 3.05) is 6.54 Å². The van der Waals surface area contributed by atoms with Crippen LogP contribution in [0.25, 0.3) is 5.69 Å². The van der Waals surface area contributed by atoms with Crippen molar-refractivity contribution in [2.24, 2.45) is 0 Å². The minimum atomic E-state index is 0.00372. The summed E-state index contributed by atoms with van der Waals surface area (Å²) in [6.45, 7) is 7.33. The Kier molecular flexibility index (Phi) is 5.28. The predicted octanol–water partition coefficient (Wildman–Crippen LogP) is 4.58. The van der Waals surface area contributed by atoms with Gasteiger partial charge in [-0.25, -0.2) is 0 Å². The van der Waals surface area contributed by atoms with Gasteiger partial charge >= 0.3 is 0 Å². The lowest BCUT2D eigenvalue weighted by Crippen LogP contribution is -2.30. The average molecular weight is 407 g/mol. The fraction of sp³-hybridized carbons (Fsp3) is 0.304. The van der Waals surface area contributed by atoms with Gasteiger partial charge in [0.2, 0.25) is 0 Å². The van der Waals surface area contributed by atoms with Gasteiger partial charge in [0.15, 0.2) is 5.11 Å². The van der Waals surface area contributed by atoms with Crippen LogP contribution in [-0.4, -0.2) is 31.2 Å². The third kappa shape index (κ3) is 3.49. The Bertz CT molecular complexity index is 1010. The lowest BCUT2D eigenvalue weighted by atomic mass is 9.96. The van der Waals surface area contributed by atoms with Crippen LogP contribution in [0.3, 0.4) is 0 Å². The van der Waals surface area contributed by atoms with Crippen molar-refractivity contribution in [3.8, 4) is 11.4 Å². The molecule has 0 radical (unpaired) electrons. The summed E-state index contributed by atoms with van der Waals surface area (Å²) in [5.41, 5.74) is 5.60. The Morgan fingerprint density at radius 3 is 2.55 bits per heavy atom. The average Bonchev–Trinajstić information content (AvgIpc) is 3.20. The number of phenols is 1. The van der Waals surface area contributed by atoms with Gasteiger partial charge in [-0.05, 0) is 80.5 Å². The van der Waals surface area contributed by atoms with Crippen LogP contribution in [0.4, 0.5) is 0 Å². The number of pyridine rings is 1. The molecule has 1 saturated heterocycles. The Morgan fingerprint density at radius 1 is 1.14 bits per heavy atom. The third-order valence-electron chi connectivity index (χ3n) is 5.56. The number of hydrogen-bond donors (Lipinski definition) is 2. The molecule has 0 bridgehead atoms. The van der Waals surface area contributed by atoms with E-state index in [1.165, 1.54) is 11.3 Å². The van der Waals surface area contributed by atoms with Gasteiger partial charge in [0.05, 0.1) is 17.8 Å². The van der Waals surface area contributed by atoms with Gasteiger partial charge < -0.3 is 19.9 Å². The number of hydrogen-bond acceptors (Lipinski definition) is 3. The van der Waals surface area contributed by atoms with E-state index in [0.717, 1.165) is 35.2 Å². The number of thiocarbonyl (C=S) groups is 1. The maximum absolute atomic E-state index is 9.66. The summed E-state index contributed by atoms with van der Waals surface area (Å²) in [5, 5.41) is 13.9. The molecule has 0 aliphatic carbocycles. The van der Waals surface area contributed by atoms with Crippen LogP contribution in [0, 0.1) is 13.8 Å². The molecule has 1 aromatic carbocycles. The first kappa shape index (κ1) is 19.5. The standard InChI is InChI=1S/C23H26N4OS/c1-4-13-26-22(21(25-23(26)29)20-7-5-6-12-24-20)19-14-15(2)27(16(19)3)17-8-10-18(28)11-9-17/h5-12,14,21-22,28H,4,13H2,1-3H3,(H,25,29)/t21-,22-/m1/s1. The summed E-state index contributed by atoms with van der Waals surface area (Å²) in [5.74, 6) is 0.270. The molecule has 1 fully saturated rings. The highest BCUT2D eigenvalue weighted by Gasteiger charge is 2.40. The number of aromatic hydroxyl groups is 1. The third-order valence-corrected chi connectivity index (χ3v) is 5.91. The highest BCUT2D eigenvalue weighted by molar-refractivity contribution is 7.80. The van der Waals surface area contributed by atoms with E-state index in [9.17, 15) is 5.11 Å². The highest BCUT2D eigenvalue weighted by Crippen LogP contribution is 2.41. The van der Waals surface area contributed by atoms with Crippen LogP contribution in [0.15, 0.2) is 54.7 Å². The lowest BCUT2D eigenvalue weighted by molar-refractivity contribution is 0.316. The Balaban J connectivity index is 1.82. The van der Waals surface area contributed by atoms with Crippen molar-refractivity contribution >= 4 is 17.3 Å². The first-order chi connectivity index (χ1) is 14.0. The highest BCUT2D eigenvalue weighted by atomic mass is 32.1. The Hall–Kier alpha value is -2.86. The molecule has 3 heterocycles. The van der Waals surface area contributed by atoms with Crippen molar-refractivity contribution in [3.05, 3.63) is 77.4 Å². The lowest BCUT2D eigenvalue weighted by Gasteiger charge is -2.27. The molecular formula is C23H26N4OS. The number of nitrogens with zero attached hydrogens (tertiary/aromatic N) is 3. The van der Waals surface area contributed by atoms with Gasteiger partial charge in [0, 0.05) is 29.8 Å². The second kappa shape index (κ2) is 7.87. The normalized spacial score (nSPS) is 18.9. The summed E-state index contributed by atoms with van der Waals surface area (Å²) in [7, 11) is 0. The summed E-state index contributed by atoms with van der Waals surface area (Å²) >= 11 is 5.70. The molecule has 2 N–H and O–H groups in total. The Morgan fingerprint density at radius 2 is 1.90 bits per heavy atom. The van der Waals surface area contributed by atoms with E-state index in [-0.39, 0.29) is 17.8 Å². The van der Waals surface area contributed by atoms with Crippen molar-refractivity contribution in [2.45, 2.75) is 39.3 Å². The zero-order chi connectivity index (χ0) is 20.5. The van der Waals surface area contributed by atoms with Gasteiger partial charge in [-0.1, -0.05) is 13.0 Å². The van der Waals surface area contributed by atoms with E-state index in [4.69, 9.17) is 12.2 Å². The molecule has 4 rings (SSSR count). The number of phenolic OH excluding ortho intramolecular Hbond substituents is 1. The van der Waals surface area contributed by atoms with Crippen LogP contribution in [-0.2, 0) is 0 Å². The van der Waals surface area contributed by atoms with Crippen LogP contribution < -0.4 is 5.32 Å². The Labute approximate surface area is 177 Å². The van der Waals surface area contributed by atoms with Crippen molar-refractivity contribution in [1.29, 1.82) is 0 Å². The van der Waals surface area contributed by atoms with E-state index >= 15 is 0 Å². The molecule has 0 spiro atoms. The number of rotatable bonds is 5. The monoisotopic (exact) mass is 406 g/mol. The first-order valence-electron chi connectivity index (χ1n) is 9.97. The van der Waals surface area contributed by atoms with Crippen LogP contribution in [0.2, 0.25) is 0 Å². The van der Waals surface area contributed by atoms with Crippen molar-refractivity contribution < 1.29 is 5.11 Å². The molecule has 150 valence electrons. The largest absolute Gasteiger partial charge is 0.508 e. The predicted molar refractivity (Wildman–Crippen MR) is 119 cm³/mol. The molecular weight excluding hydrogens is 380 g/mol. The topological polar surface area (TPSA) is 53.3 Å². The van der Waals surface area contributed by atoms with Crippen LogP contribution in [0.1, 0.15) is 48.1 Å². The zero-order valence-corrected chi connectivity index (χ0v) is 17.8. The minimum absolute atomic E-state index is 0.00372. The molecule has 1 aliphatic rings. The minimum Gasteiger partial charge on any atom is -0.508 e. The summed E-state index contributed by atoms with van der Waals surface area (Å²) in [6.07, 6.45) is 2.85. The van der Waals surface area contributed by atoms with Gasteiger partial charge in [-0.15, -0.1) is 0 Å². The SMILES string of the molecule is CCCN1C(=S)N[C@H](c2ccccn2)[C@H]1c1cc(C)n(-c2ccc(O)cc2)c1C. The van der Waals surface area contributed by atoms with Gasteiger partial charge in [0.25, 0.3) is 0 Å². The zero-order valence-electron chi connectivity index (χ0n) is 17.0. The summed E-state index contributed by atoms with van der Waals surface area (Å²) < 4.78 is 2.23. The van der Waals surface area contributed by atoms with Crippen molar-refractivity contribution in [1.82, 2.24) is 19.8 Å².